The summed E-state index contributed by atoms with van der Waals surface area (Å²) in [5, 5.41) is 22.8. The van der Waals surface area contributed by atoms with Crippen LogP contribution in [0.25, 0.3) is 10.8 Å². The van der Waals surface area contributed by atoms with Gasteiger partial charge >= 0.3 is 12.1 Å². The molecule has 0 bridgehead atoms. The van der Waals surface area contributed by atoms with Crippen molar-refractivity contribution >= 4 is 22.8 Å². The van der Waals surface area contributed by atoms with Crippen molar-refractivity contribution in [2.75, 3.05) is 6.54 Å². The number of rotatable bonds is 4. The van der Waals surface area contributed by atoms with Gasteiger partial charge in [0.1, 0.15) is 18.2 Å². The number of ether oxygens (including phenoxy) is 1. The minimum absolute atomic E-state index is 0.0386. The number of benzene rings is 3. The number of carbonyl (C=O) groups is 2. The third-order valence-corrected chi connectivity index (χ3v) is 5.35. The average Bonchev–Trinajstić information content (AvgIpc) is 3.12. The number of hydrogen-bond donors (Lipinski definition) is 2. The fourth-order valence-corrected chi connectivity index (χ4v) is 3.79. The van der Waals surface area contributed by atoms with Crippen LogP contribution in [0.15, 0.2) is 72.8 Å². The van der Waals surface area contributed by atoms with E-state index in [1.165, 1.54) is 0 Å². The Balaban J connectivity index is 1.56. The zero-order chi connectivity index (χ0) is 20.4. The van der Waals surface area contributed by atoms with Gasteiger partial charge in [-0.3, -0.25) is 4.90 Å². The van der Waals surface area contributed by atoms with Gasteiger partial charge in [-0.2, -0.15) is 0 Å². The normalized spacial score (nSPS) is 21.3. The standard InChI is InChI=1S/C23H21NO5/c25-21(26)20-13-23(28,19-11-10-17-8-4-5-9-18(17)12-19)15-24(20)22(27)29-14-16-6-2-1-3-7-16/h1-12,20,28H,13-15H2,(H,25,26)/t20-,23?/m0/s1. The smallest absolute Gasteiger partial charge is 0.410 e. The number of carbonyl (C=O) groups excluding carboxylic acids is 1. The molecule has 0 spiro atoms. The number of β-amino-alcohol motifs (C(OH)–C–C–N with tert-alkyl or cyclic N) is 1. The molecule has 1 heterocycles. The SMILES string of the molecule is O=C(O)[C@@H]1CC(O)(c2ccc3ccccc3c2)CN1C(=O)OCc1ccccc1. The predicted molar refractivity (Wildman–Crippen MR) is 107 cm³/mol. The Kier molecular flexibility index (Phi) is 4.94. The van der Waals surface area contributed by atoms with Crippen LogP contribution in [0.1, 0.15) is 17.5 Å². The lowest BCUT2D eigenvalue weighted by Gasteiger charge is -2.24. The molecule has 1 aliphatic heterocycles. The molecule has 29 heavy (non-hydrogen) atoms. The molecule has 1 fully saturated rings. The van der Waals surface area contributed by atoms with E-state index in [0.717, 1.165) is 21.2 Å². The third kappa shape index (κ3) is 3.79. The van der Waals surface area contributed by atoms with Crippen LogP contribution in [0.4, 0.5) is 4.79 Å². The summed E-state index contributed by atoms with van der Waals surface area (Å²) >= 11 is 0. The highest BCUT2D eigenvalue weighted by atomic mass is 16.6. The summed E-state index contributed by atoms with van der Waals surface area (Å²) in [6.45, 7) is -0.104. The Bertz CT molecular complexity index is 1050. The molecule has 4 rings (SSSR count). The third-order valence-electron chi connectivity index (χ3n) is 5.35. The fourth-order valence-electron chi connectivity index (χ4n) is 3.79. The molecular weight excluding hydrogens is 370 g/mol. The van der Waals surface area contributed by atoms with Gasteiger partial charge in [0, 0.05) is 6.42 Å². The van der Waals surface area contributed by atoms with Gasteiger partial charge in [0.2, 0.25) is 0 Å². The van der Waals surface area contributed by atoms with E-state index in [4.69, 9.17) is 4.74 Å². The van der Waals surface area contributed by atoms with Gasteiger partial charge in [-0.1, -0.05) is 66.7 Å². The first-order valence-corrected chi connectivity index (χ1v) is 9.38. The molecule has 0 saturated carbocycles. The fraction of sp³-hybridized carbons (Fsp3) is 0.217. The van der Waals surface area contributed by atoms with Gasteiger partial charge in [0.15, 0.2) is 0 Å². The van der Waals surface area contributed by atoms with Crippen LogP contribution in [0, 0.1) is 0 Å². The van der Waals surface area contributed by atoms with Crippen LogP contribution in [-0.2, 0) is 21.7 Å². The van der Waals surface area contributed by atoms with E-state index in [1.807, 2.05) is 66.7 Å². The molecule has 0 aliphatic carbocycles. The number of amides is 1. The van der Waals surface area contributed by atoms with Gasteiger partial charge in [-0.05, 0) is 28.0 Å². The van der Waals surface area contributed by atoms with Crippen LogP contribution in [-0.4, -0.2) is 39.8 Å². The number of hydrogen-bond acceptors (Lipinski definition) is 4. The number of likely N-dealkylation sites (tertiary alicyclic amines) is 1. The van der Waals surface area contributed by atoms with Crippen molar-refractivity contribution < 1.29 is 24.5 Å². The molecule has 148 valence electrons. The lowest BCUT2D eigenvalue weighted by Crippen LogP contribution is -2.41. The first-order valence-electron chi connectivity index (χ1n) is 9.38. The molecule has 2 N–H and O–H groups in total. The van der Waals surface area contributed by atoms with Gasteiger partial charge in [0.05, 0.1) is 6.54 Å². The van der Waals surface area contributed by atoms with Crippen LogP contribution in [0.3, 0.4) is 0 Å². The molecular formula is C23H21NO5. The van der Waals surface area contributed by atoms with Crippen molar-refractivity contribution in [1.82, 2.24) is 4.90 Å². The molecule has 1 amide bonds. The predicted octanol–water partition coefficient (Wildman–Crippen LogP) is 3.52. The van der Waals surface area contributed by atoms with Gasteiger partial charge < -0.3 is 14.9 Å². The van der Waals surface area contributed by atoms with Crippen molar-refractivity contribution in [2.45, 2.75) is 24.7 Å². The molecule has 6 heteroatoms. The first-order chi connectivity index (χ1) is 14.0. The minimum atomic E-state index is -1.46. The van der Waals surface area contributed by atoms with Crippen LogP contribution >= 0.6 is 0 Å². The number of carboxylic acids is 1. The van der Waals surface area contributed by atoms with E-state index in [1.54, 1.807) is 6.07 Å². The molecule has 6 nitrogen and oxygen atoms in total. The maximum absolute atomic E-state index is 12.6. The molecule has 0 radical (unpaired) electrons. The summed E-state index contributed by atoms with van der Waals surface area (Å²) in [4.78, 5) is 25.5. The molecule has 2 atom stereocenters. The lowest BCUT2D eigenvalue weighted by molar-refractivity contribution is -0.141. The molecule has 3 aromatic carbocycles. The summed E-state index contributed by atoms with van der Waals surface area (Å²) in [5.74, 6) is -1.17. The summed E-state index contributed by atoms with van der Waals surface area (Å²) < 4.78 is 5.30. The van der Waals surface area contributed by atoms with Gasteiger partial charge in [-0.15, -0.1) is 0 Å². The van der Waals surface area contributed by atoms with Crippen molar-refractivity contribution in [3.8, 4) is 0 Å². The number of nitrogens with zero attached hydrogens (tertiary/aromatic N) is 1. The van der Waals surface area contributed by atoms with Crippen LogP contribution in [0.2, 0.25) is 0 Å². The highest BCUT2D eigenvalue weighted by Gasteiger charge is 2.49. The summed E-state index contributed by atoms with van der Waals surface area (Å²) in [7, 11) is 0. The van der Waals surface area contributed by atoms with E-state index < -0.39 is 23.7 Å². The second kappa shape index (κ2) is 7.56. The molecule has 1 saturated heterocycles. The first kappa shape index (κ1) is 19.0. The minimum Gasteiger partial charge on any atom is -0.480 e. The van der Waals surface area contributed by atoms with E-state index >= 15 is 0 Å². The number of aliphatic carboxylic acids is 1. The topological polar surface area (TPSA) is 87.1 Å². The molecule has 0 aromatic heterocycles. The summed E-state index contributed by atoms with van der Waals surface area (Å²) in [6.07, 6.45) is -0.848. The Hall–Kier alpha value is -3.38. The average molecular weight is 391 g/mol. The zero-order valence-electron chi connectivity index (χ0n) is 15.7. The Morgan fingerprint density at radius 3 is 2.41 bits per heavy atom. The molecule has 1 aliphatic rings. The second-order valence-electron chi connectivity index (χ2n) is 7.32. The number of fused-ring (bicyclic) bond motifs is 1. The van der Waals surface area contributed by atoms with E-state index in [2.05, 4.69) is 0 Å². The summed E-state index contributed by atoms with van der Waals surface area (Å²) in [6, 6.07) is 21.2. The quantitative estimate of drug-likeness (QED) is 0.711. The highest BCUT2D eigenvalue weighted by Crippen LogP contribution is 2.37. The summed E-state index contributed by atoms with van der Waals surface area (Å²) in [5.41, 5.74) is -0.0729. The zero-order valence-corrected chi connectivity index (χ0v) is 15.7. The largest absolute Gasteiger partial charge is 0.480 e. The lowest BCUT2D eigenvalue weighted by atomic mass is 9.89. The van der Waals surface area contributed by atoms with Crippen molar-refractivity contribution in [1.29, 1.82) is 0 Å². The Morgan fingerprint density at radius 2 is 1.69 bits per heavy atom. The van der Waals surface area contributed by atoms with E-state index in [9.17, 15) is 19.8 Å². The van der Waals surface area contributed by atoms with Crippen LogP contribution in [0.5, 0.6) is 0 Å². The van der Waals surface area contributed by atoms with Crippen molar-refractivity contribution in [3.05, 3.63) is 83.9 Å². The molecule has 1 unspecified atom stereocenters. The molecule has 3 aromatic rings. The van der Waals surface area contributed by atoms with Crippen LogP contribution < -0.4 is 0 Å². The van der Waals surface area contributed by atoms with Crippen molar-refractivity contribution in [3.63, 3.8) is 0 Å². The van der Waals surface area contributed by atoms with E-state index in [-0.39, 0.29) is 19.6 Å². The monoisotopic (exact) mass is 391 g/mol. The Labute approximate surface area is 168 Å². The van der Waals surface area contributed by atoms with Crippen molar-refractivity contribution in [2.24, 2.45) is 0 Å². The van der Waals surface area contributed by atoms with Gasteiger partial charge in [-0.25, -0.2) is 9.59 Å². The maximum atomic E-state index is 12.6. The maximum Gasteiger partial charge on any atom is 0.410 e. The highest BCUT2D eigenvalue weighted by molar-refractivity contribution is 5.84. The van der Waals surface area contributed by atoms with E-state index in [0.29, 0.717) is 5.56 Å². The number of carboxylic acid groups (broad SMARTS) is 1. The number of aliphatic hydroxyl groups is 1. The van der Waals surface area contributed by atoms with Gasteiger partial charge in [0.25, 0.3) is 0 Å². The Morgan fingerprint density at radius 1 is 1.00 bits per heavy atom. The second-order valence-corrected chi connectivity index (χ2v) is 7.32.